The van der Waals surface area contributed by atoms with Crippen molar-refractivity contribution in [3.63, 3.8) is 0 Å². The lowest BCUT2D eigenvalue weighted by molar-refractivity contribution is 0.214. The van der Waals surface area contributed by atoms with Gasteiger partial charge < -0.3 is 9.84 Å². The molecule has 1 aromatic carbocycles. The minimum absolute atomic E-state index is 0.604. The Bertz CT molecular complexity index is 516. The van der Waals surface area contributed by atoms with Crippen molar-refractivity contribution in [2.24, 2.45) is 0 Å². The molecule has 0 saturated carbocycles. The van der Waals surface area contributed by atoms with Crippen molar-refractivity contribution in [1.82, 2.24) is 4.98 Å². The summed E-state index contributed by atoms with van der Waals surface area (Å²) in [5.74, 6) is 0.719. The van der Waals surface area contributed by atoms with Gasteiger partial charge in [0.15, 0.2) is 0 Å². The Morgan fingerprint density at radius 1 is 1.24 bits per heavy atom. The van der Waals surface area contributed by atoms with Crippen molar-refractivity contribution in [1.29, 1.82) is 0 Å². The maximum Gasteiger partial charge on any atom is 0.121 e. The molecule has 1 heterocycles. The Kier molecular flexibility index (Phi) is 3.76. The minimum atomic E-state index is -0.748. The van der Waals surface area contributed by atoms with E-state index in [1.807, 2.05) is 30.3 Å². The molecule has 1 unspecified atom stereocenters. The monoisotopic (exact) mass is 293 g/mol. The lowest BCUT2D eigenvalue weighted by Crippen LogP contribution is -2.02. The Morgan fingerprint density at radius 2 is 2.00 bits per heavy atom. The predicted molar refractivity (Wildman–Crippen MR) is 69.0 cm³/mol. The highest BCUT2D eigenvalue weighted by molar-refractivity contribution is 9.10. The van der Waals surface area contributed by atoms with E-state index in [4.69, 9.17) is 4.74 Å². The zero-order chi connectivity index (χ0) is 12.3. The van der Waals surface area contributed by atoms with E-state index in [9.17, 15) is 5.11 Å². The first-order valence-electron chi connectivity index (χ1n) is 5.15. The molecule has 0 saturated heterocycles. The first-order chi connectivity index (χ1) is 8.20. The second-order valence-corrected chi connectivity index (χ2v) is 4.38. The van der Waals surface area contributed by atoms with Crippen LogP contribution in [-0.2, 0) is 0 Å². The molecule has 0 amide bonds. The molecule has 1 aromatic heterocycles. The summed E-state index contributed by atoms with van der Waals surface area (Å²) in [5, 5.41) is 10.2. The second kappa shape index (κ2) is 5.29. The number of hydrogen-bond donors (Lipinski definition) is 1. The standard InChI is InChI=1S/C13H12BrNO2/c1-17-10-5-2-4-9(8-10)13(16)11-6-3-7-12(14)15-11/h2-8,13,16H,1H3. The van der Waals surface area contributed by atoms with Crippen LogP contribution in [0.4, 0.5) is 0 Å². The molecule has 1 atom stereocenters. The van der Waals surface area contributed by atoms with Crippen LogP contribution in [0.25, 0.3) is 0 Å². The van der Waals surface area contributed by atoms with Gasteiger partial charge in [-0.2, -0.15) is 0 Å². The van der Waals surface area contributed by atoms with Crippen molar-refractivity contribution in [2.75, 3.05) is 7.11 Å². The molecule has 0 spiro atoms. The molecule has 4 heteroatoms. The summed E-state index contributed by atoms with van der Waals surface area (Å²) in [6.07, 6.45) is -0.748. The first-order valence-corrected chi connectivity index (χ1v) is 5.94. The van der Waals surface area contributed by atoms with Crippen molar-refractivity contribution in [2.45, 2.75) is 6.10 Å². The number of aliphatic hydroxyl groups excluding tert-OH is 1. The predicted octanol–water partition coefficient (Wildman–Crippen LogP) is 2.93. The smallest absolute Gasteiger partial charge is 0.121 e. The molecule has 2 aromatic rings. The highest BCUT2D eigenvalue weighted by Gasteiger charge is 2.12. The Labute approximate surface area is 108 Å². The van der Waals surface area contributed by atoms with Crippen LogP contribution >= 0.6 is 15.9 Å². The number of hydrogen-bond acceptors (Lipinski definition) is 3. The third-order valence-corrected chi connectivity index (χ3v) is 2.87. The summed E-state index contributed by atoms with van der Waals surface area (Å²) in [6.45, 7) is 0. The lowest BCUT2D eigenvalue weighted by Gasteiger charge is -2.11. The molecule has 1 N–H and O–H groups in total. The van der Waals surface area contributed by atoms with Crippen LogP contribution in [0.1, 0.15) is 17.4 Å². The fourth-order valence-corrected chi connectivity index (χ4v) is 1.92. The van der Waals surface area contributed by atoms with E-state index in [1.165, 1.54) is 0 Å². The van der Waals surface area contributed by atoms with Crippen LogP contribution in [0, 0.1) is 0 Å². The van der Waals surface area contributed by atoms with Gasteiger partial charge in [0.1, 0.15) is 16.5 Å². The lowest BCUT2D eigenvalue weighted by atomic mass is 10.1. The summed E-state index contributed by atoms with van der Waals surface area (Å²) in [4.78, 5) is 4.23. The van der Waals surface area contributed by atoms with Crippen molar-refractivity contribution in [3.05, 3.63) is 58.3 Å². The number of pyridine rings is 1. The number of rotatable bonds is 3. The highest BCUT2D eigenvalue weighted by atomic mass is 79.9. The van der Waals surface area contributed by atoms with Crippen molar-refractivity contribution >= 4 is 15.9 Å². The second-order valence-electron chi connectivity index (χ2n) is 3.56. The molecule has 17 heavy (non-hydrogen) atoms. The van der Waals surface area contributed by atoms with Crippen molar-refractivity contribution in [3.8, 4) is 5.75 Å². The van der Waals surface area contributed by atoms with E-state index in [-0.39, 0.29) is 0 Å². The van der Waals surface area contributed by atoms with E-state index in [2.05, 4.69) is 20.9 Å². The number of ether oxygens (including phenoxy) is 1. The minimum Gasteiger partial charge on any atom is -0.497 e. The van der Waals surface area contributed by atoms with Crippen LogP contribution in [0.3, 0.4) is 0 Å². The fraction of sp³-hybridized carbons (Fsp3) is 0.154. The van der Waals surface area contributed by atoms with Crippen LogP contribution < -0.4 is 4.74 Å². The number of methoxy groups -OCH3 is 1. The molecule has 0 aliphatic rings. The molecule has 0 radical (unpaired) electrons. The van der Waals surface area contributed by atoms with E-state index >= 15 is 0 Å². The summed E-state index contributed by atoms with van der Waals surface area (Å²) in [6, 6.07) is 12.8. The van der Waals surface area contributed by atoms with E-state index in [0.29, 0.717) is 10.3 Å². The summed E-state index contributed by atoms with van der Waals surface area (Å²) >= 11 is 3.28. The van der Waals surface area contributed by atoms with E-state index in [1.54, 1.807) is 19.2 Å². The summed E-state index contributed by atoms with van der Waals surface area (Å²) in [5.41, 5.74) is 1.36. The van der Waals surface area contributed by atoms with E-state index < -0.39 is 6.10 Å². The topological polar surface area (TPSA) is 42.4 Å². The molecule has 3 nitrogen and oxygen atoms in total. The summed E-state index contributed by atoms with van der Waals surface area (Å²) < 4.78 is 5.83. The van der Waals surface area contributed by atoms with Crippen LogP contribution in [0.15, 0.2) is 47.1 Å². The quantitative estimate of drug-likeness (QED) is 0.885. The number of benzene rings is 1. The number of aromatic nitrogens is 1. The molecular formula is C13H12BrNO2. The summed E-state index contributed by atoms with van der Waals surface area (Å²) in [7, 11) is 1.60. The molecular weight excluding hydrogens is 282 g/mol. The largest absolute Gasteiger partial charge is 0.497 e. The zero-order valence-electron chi connectivity index (χ0n) is 9.30. The fourth-order valence-electron chi connectivity index (χ4n) is 1.56. The van der Waals surface area contributed by atoms with Gasteiger partial charge in [-0.05, 0) is 45.8 Å². The molecule has 0 aliphatic heterocycles. The normalized spacial score (nSPS) is 12.2. The zero-order valence-corrected chi connectivity index (χ0v) is 10.9. The molecule has 0 aliphatic carbocycles. The highest BCUT2D eigenvalue weighted by Crippen LogP contribution is 2.24. The molecule has 88 valence electrons. The van der Waals surface area contributed by atoms with Crippen LogP contribution in [0.5, 0.6) is 5.75 Å². The van der Waals surface area contributed by atoms with Gasteiger partial charge >= 0.3 is 0 Å². The average Bonchev–Trinajstić information content (AvgIpc) is 2.38. The van der Waals surface area contributed by atoms with Crippen LogP contribution in [-0.4, -0.2) is 17.2 Å². The maximum atomic E-state index is 10.2. The number of nitrogens with zero attached hydrogens (tertiary/aromatic N) is 1. The molecule has 0 bridgehead atoms. The third-order valence-electron chi connectivity index (χ3n) is 2.43. The van der Waals surface area contributed by atoms with Gasteiger partial charge in [0.25, 0.3) is 0 Å². The van der Waals surface area contributed by atoms with Crippen molar-refractivity contribution < 1.29 is 9.84 Å². The van der Waals surface area contributed by atoms with Gasteiger partial charge in [-0.1, -0.05) is 18.2 Å². The van der Waals surface area contributed by atoms with Gasteiger partial charge in [0.05, 0.1) is 12.8 Å². The van der Waals surface area contributed by atoms with Gasteiger partial charge in [0.2, 0.25) is 0 Å². The van der Waals surface area contributed by atoms with E-state index in [0.717, 1.165) is 11.3 Å². The number of halogens is 1. The van der Waals surface area contributed by atoms with Crippen LogP contribution in [0.2, 0.25) is 0 Å². The molecule has 2 rings (SSSR count). The Balaban J connectivity index is 2.33. The molecule has 0 fully saturated rings. The number of aliphatic hydroxyl groups is 1. The van der Waals surface area contributed by atoms with Gasteiger partial charge in [0, 0.05) is 0 Å². The third kappa shape index (κ3) is 2.84. The van der Waals surface area contributed by atoms with Gasteiger partial charge in [-0.15, -0.1) is 0 Å². The SMILES string of the molecule is COc1cccc(C(O)c2cccc(Br)n2)c1. The average molecular weight is 294 g/mol. The Hall–Kier alpha value is -1.39. The maximum absolute atomic E-state index is 10.2. The first kappa shape index (κ1) is 12.1. The Morgan fingerprint density at radius 3 is 2.71 bits per heavy atom. The van der Waals surface area contributed by atoms with Gasteiger partial charge in [-0.25, -0.2) is 4.98 Å². The van der Waals surface area contributed by atoms with Gasteiger partial charge in [-0.3, -0.25) is 0 Å².